The molecule has 2 rings (SSSR count). The van der Waals surface area contributed by atoms with Crippen LogP contribution < -0.4 is 0 Å². The zero-order valence-corrected chi connectivity index (χ0v) is 5.55. The number of hydrogen-bond donors (Lipinski definition) is 0. The first-order valence-corrected chi connectivity index (χ1v) is 3.85. The van der Waals surface area contributed by atoms with Crippen molar-refractivity contribution in [3.63, 3.8) is 0 Å². The Hall–Kier alpha value is -0.330. The molecule has 0 aliphatic heterocycles. The first-order valence-electron chi connectivity index (χ1n) is 3.85. The summed E-state index contributed by atoms with van der Waals surface area (Å²) in [6.45, 7) is 0. The van der Waals surface area contributed by atoms with E-state index in [0.717, 1.165) is 18.1 Å². The molecule has 0 unspecified atom stereocenters. The van der Waals surface area contributed by atoms with Gasteiger partial charge in [0.25, 0.3) is 0 Å². The maximum Gasteiger partial charge on any atom is 0.123 e. The molecule has 0 radical (unpaired) electrons. The van der Waals surface area contributed by atoms with Crippen LogP contribution in [0.5, 0.6) is 0 Å². The van der Waals surface area contributed by atoms with E-state index in [1.165, 1.54) is 25.7 Å². The summed E-state index contributed by atoms with van der Waals surface area (Å²) >= 11 is 0. The zero-order valence-electron chi connectivity index (χ0n) is 5.55. The largest absolute Gasteiger partial charge is 0.303 e. The van der Waals surface area contributed by atoms with E-state index in [0.29, 0.717) is 5.92 Å². The van der Waals surface area contributed by atoms with Crippen molar-refractivity contribution in [2.75, 3.05) is 0 Å². The molecule has 50 valence electrons. The van der Waals surface area contributed by atoms with E-state index in [-0.39, 0.29) is 0 Å². The van der Waals surface area contributed by atoms with E-state index in [1.807, 2.05) is 0 Å². The lowest BCUT2D eigenvalue weighted by atomic mass is 9.91. The van der Waals surface area contributed by atoms with E-state index < -0.39 is 0 Å². The molecule has 0 aromatic heterocycles. The second-order valence-electron chi connectivity index (χ2n) is 3.47. The van der Waals surface area contributed by atoms with Crippen molar-refractivity contribution in [1.29, 1.82) is 0 Å². The average Bonchev–Trinajstić information content (AvgIpc) is 2.64. The molecule has 0 spiro atoms. The third-order valence-electron chi connectivity index (χ3n) is 2.78. The van der Waals surface area contributed by atoms with E-state index in [4.69, 9.17) is 0 Å². The monoisotopic (exact) mass is 124 g/mol. The Kier molecular flexibility index (Phi) is 1.11. The molecule has 2 aliphatic rings. The van der Waals surface area contributed by atoms with Gasteiger partial charge < -0.3 is 4.79 Å². The molecule has 3 atom stereocenters. The van der Waals surface area contributed by atoms with Gasteiger partial charge in [-0.1, -0.05) is 0 Å². The standard InChI is InChI=1S/C8H12O/c9-5-6-1-2-7-4-8(7)3-6/h5-8H,1-4H2/t6-,7+,8+/m1/s1. The molecule has 0 heterocycles. The third kappa shape index (κ3) is 0.887. The van der Waals surface area contributed by atoms with E-state index in [1.54, 1.807) is 0 Å². The SMILES string of the molecule is O=C[C@@H]1CC[C@H]2C[C@@H]2C1. The molecular weight excluding hydrogens is 112 g/mol. The van der Waals surface area contributed by atoms with E-state index in [9.17, 15) is 4.79 Å². The normalized spacial score (nSPS) is 47.8. The van der Waals surface area contributed by atoms with Crippen LogP contribution in [0.4, 0.5) is 0 Å². The van der Waals surface area contributed by atoms with Gasteiger partial charge in [-0.05, 0) is 37.5 Å². The molecule has 1 heteroatoms. The van der Waals surface area contributed by atoms with Crippen LogP contribution in [0.1, 0.15) is 25.7 Å². The summed E-state index contributed by atoms with van der Waals surface area (Å²) in [5.74, 6) is 2.41. The Labute approximate surface area is 55.4 Å². The van der Waals surface area contributed by atoms with Gasteiger partial charge in [0.2, 0.25) is 0 Å². The zero-order chi connectivity index (χ0) is 6.27. The fourth-order valence-corrected chi connectivity index (χ4v) is 2.01. The minimum absolute atomic E-state index is 0.425. The molecule has 1 nitrogen and oxygen atoms in total. The topological polar surface area (TPSA) is 17.1 Å². The van der Waals surface area contributed by atoms with E-state index >= 15 is 0 Å². The van der Waals surface area contributed by atoms with E-state index in [2.05, 4.69) is 0 Å². The summed E-state index contributed by atoms with van der Waals surface area (Å²) in [7, 11) is 0. The lowest BCUT2D eigenvalue weighted by Crippen LogP contribution is -2.08. The lowest BCUT2D eigenvalue weighted by molar-refractivity contribution is -0.111. The van der Waals surface area contributed by atoms with Crippen LogP contribution >= 0.6 is 0 Å². The van der Waals surface area contributed by atoms with Crippen LogP contribution in [-0.2, 0) is 4.79 Å². The van der Waals surface area contributed by atoms with Crippen molar-refractivity contribution < 1.29 is 4.79 Å². The maximum atomic E-state index is 10.3. The van der Waals surface area contributed by atoms with Gasteiger partial charge in [-0.3, -0.25) is 0 Å². The van der Waals surface area contributed by atoms with Gasteiger partial charge in [0.1, 0.15) is 6.29 Å². The Balaban J connectivity index is 1.93. The highest BCUT2D eigenvalue weighted by Gasteiger charge is 2.41. The molecule has 2 aliphatic carbocycles. The second-order valence-corrected chi connectivity index (χ2v) is 3.47. The van der Waals surface area contributed by atoms with Gasteiger partial charge >= 0.3 is 0 Å². The maximum absolute atomic E-state index is 10.3. The molecule has 0 bridgehead atoms. The van der Waals surface area contributed by atoms with Gasteiger partial charge in [0.15, 0.2) is 0 Å². The fourth-order valence-electron chi connectivity index (χ4n) is 2.01. The summed E-state index contributed by atoms with van der Waals surface area (Å²) in [6, 6.07) is 0. The number of hydrogen-bond acceptors (Lipinski definition) is 1. The van der Waals surface area contributed by atoms with Crippen LogP contribution in [0, 0.1) is 17.8 Å². The summed E-state index contributed by atoms with van der Waals surface area (Å²) in [6.07, 6.45) is 6.27. The summed E-state index contributed by atoms with van der Waals surface area (Å²) in [5, 5.41) is 0. The van der Waals surface area contributed by atoms with Crippen molar-refractivity contribution in [1.82, 2.24) is 0 Å². The third-order valence-corrected chi connectivity index (χ3v) is 2.78. The predicted octanol–water partition coefficient (Wildman–Crippen LogP) is 1.62. The van der Waals surface area contributed by atoms with Crippen molar-refractivity contribution in [2.45, 2.75) is 25.7 Å². The van der Waals surface area contributed by atoms with Crippen LogP contribution in [0.3, 0.4) is 0 Å². The van der Waals surface area contributed by atoms with Crippen LogP contribution in [0.15, 0.2) is 0 Å². The molecule has 0 N–H and O–H groups in total. The Morgan fingerprint density at radius 2 is 2.00 bits per heavy atom. The van der Waals surface area contributed by atoms with Gasteiger partial charge in [0.05, 0.1) is 0 Å². The molecule has 0 aromatic carbocycles. The Morgan fingerprint density at radius 1 is 1.11 bits per heavy atom. The molecule has 2 fully saturated rings. The van der Waals surface area contributed by atoms with Gasteiger partial charge in [0, 0.05) is 5.92 Å². The van der Waals surface area contributed by atoms with Crippen molar-refractivity contribution in [2.24, 2.45) is 17.8 Å². The number of carbonyl (C=O) groups excluding carboxylic acids is 1. The molecular formula is C8H12O. The van der Waals surface area contributed by atoms with Gasteiger partial charge in [-0.25, -0.2) is 0 Å². The van der Waals surface area contributed by atoms with Gasteiger partial charge in [-0.15, -0.1) is 0 Å². The fraction of sp³-hybridized carbons (Fsp3) is 0.875. The van der Waals surface area contributed by atoms with Crippen molar-refractivity contribution in [3.8, 4) is 0 Å². The molecule has 2 saturated carbocycles. The number of aldehydes is 1. The van der Waals surface area contributed by atoms with Crippen LogP contribution in [0.2, 0.25) is 0 Å². The van der Waals surface area contributed by atoms with Crippen LogP contribution in [0.25, 0.3) is 0 Å². The number of carbonyl (C=O) groups is 1. The Morgan fingerprint density at radius 3 is 2.67 bits per heavy atom. The summed E-state index contributed by atoms with van der Waals surface area (Å²) in [4.78, 5) is 10.3. The first kappa shape index (κ1) is 5.45. The molecule has 0 aromatic rings. The average molecular weight is 124 g/mol. The highest BCUT2D eigenvalue weighted by molar-refractivity contribution is 5.53. The minimum atomic E-state index is 0.425. The van der Waals surface area contributed by atoms with Crippen molar-refractivity contribution >= 4 is 6.29 Å². The number of rotatable bonds is 1. The van der Waals surface area contributed by atoms with Crippen molar-refractivity contribution in [3.05, 3.63) is 0 Å². The second kappa shape index (κ2) is 1.83. The molecule has 9 heavy (non-hydrogen) atoms. The summed E-state index contributed by atoms with van der Waals surface area (Å²) < 4.78 is 0. The first-order chi connectivity index (χ1) is 4.40. The van der Waals surface area contributed by atoms with Gasteiger partial charge in [-0.2, -0.15) is 0 Å². The minimum Gasteiger partial charge on any atom is -0.303 e. The number of fused-ring (bicyclic) bond motifs is 1. The molecule has 0 amide bonds. The molecule has 0 saturated heterocycles. The smallest absolute Gasteiger partial charge is 0.123 e. The Bertz CT molecular complexity index is 131. The quantitative estimate of drug-likeness (QED) is 0.485. The van der Waals surface area contributed by atoms with Crippen LogP contribution in [-0.4, -0.2) is 6.29 Å². The summed E-state index contributed by atoms with van der Waals surface area (Å²) in [5.41, 5.74) is 0. The predicted molar refractivity (Wildman–Crippen MR) is 35.0 cm³/mol. The lowest BCUT2D eigenvalue weighted by Gasteiger charge is -2.13. The highest BCUT2D eigenvalue weighted by Crippen LogP contribution is 2.50. The highest BCUT2D eigenvalue weighted by atomic mass is 16.1.